The van der Waals surface area contributed by atoms with Crippen LogP contribution in [0.25, 0.3) is 0 Å². The van der Waals surface area contributed by atoms with Gasteiger partial charge in [0.2, 0.25) is 0 Å². The normalized spacial score (nSPS) is 22.0. The number of carbonyl (C=O) groups is 1. The Balaban J connectivity index is 2.42. The first-order valence-corrected chi connectivity index (χ1v) is 6.72. The van der Waals surface area contributed by atoms with Gasteiger partial charge in [0.1, 0.15) is 5.82 Å². The number of thioether (sulfide) groups is 1. The first-order chi connectivity index (χ1) is 9.63. The summed E-state index contributed by atoms with van der Waals surface area (Å²) >= 11 is 6.10. The second-order valence-corrected chi connectivity index (χ2v) is 6.05. The molecule has 1 heterocycles. The Kier molecular flexibility index (Phi) is 4.12. The Morgan fingerprint density at radius 3 is 2.33 bits per heavy atom. The highest BCUT2D eigenvalue weighted by atomic mass is 35.5. The van der Waals surface area contributed by atoms with Crippen LogP contribution in [-0.4, -0.2) is 16.3 Å². The highest BCUT2D eigenvalue weighted by Gasteiger charge is 2.50. The van der Waals surface area contributed by atoms with Crippen LogP contribution in [0.2, 0.25) is 0 Å². The molecule has 9 heteroatoms. The van der Waals surface area contributed by atoms with Gasteiger partial charge >= 0.3 is 6.18 Å². The molecule has 0 saturated heterocycles. The minimum absolute atomic E-state index is 0.427. The zero-order valence-corrected chi connectivity index (χ0v) is 12.0. The van der Waals surface area contributed by atoms with E-state index in [1.165, 1.54) is 19.1 Å². The minimum Gasteiger partial charge on any atom is -0.276 e. The van der Waals surface area contributed by atoms with E-state index in [9.17, 15) is 22.4 Å². The lowest BCUT2D eigenvalue weighted by atomic mass is 10.1. The van der Waals surface area contributed by atoms with Crippen LogP contribution in [0.4, 0.5) is 17.6 Å². The Labute approximate surface area is 126 Å². The van der Waals surface area contributed by atoms with Crippen molar-refractivity contribution in [3.63, 3.8) is 0 Å². The van der Waals surface area contributed by atoms with Crippen molar-refractivity contribution >= 4 is 28.6 Å². The summed E-state index contributed by atoms with van der Waals surface area (Å²) in [7, 11) is 0. The lowest BCUT2D eigenvalue weighted by Gasteiger charge is -2.21. The van der Waals surface area contributed by atoms with Crippen LogP contribution in [0.3, 0.4) is 0 Å². The number of alkyl halides is 3. The van der Waals surface area contributed by atoms with Crippen LogP contribution in [0.15, 0.2) is 50.7 Å². The van der Waals surface area contributed by atoms with Gasteiger partial charge in [0.15, 0.2) is 10.6 Å². The first-order valence-electron chi connectivity index (χ1n) is 5.53. The molecule has 1 aliphatic rings. The molecule has 0 amide bonds. The van der Waals surface area contributed by atoms with E-state index in [-0.39, 0.29) is 0 Å². The number of rotatable bonds is 3. The number of azo groups is 1. The SMILES string of the molecule is CC1(Sc2ccc(F)cc2)N=NC(C(F)(F)F)=C1C(=O)Cl. The summed E-state index contributed by atoms with van der Waals surface area (Å²) in [6.07, 6.45) is -4.83. The van der Waals surface area contributed by atoms with Crippen molar-refractivity contribution in [2.75, 3.05) is 0 Å². The predicted molar refractivity (Wildman–Crippen MR) is 69.5 cm³/mol. The van der Waals surface area contributed by atoms with E-state index in [1.54, 1.807) is 0 Å². The number of nitrogens with zero attached hydrogens (tertiary/aromatic N) is 2. The molecule has 1 unspecified atom stereocenters. The lowest BCUT2D eigenvalue weighted by molar-refractivity contribution is -0.111. The second-order valence-electron chi connectivity index (χ2n) is 4.23. The maximum atomic E-state index is 12.8. The maximum Gasteiger partial charge on any atom is 0.435 e. The highest BCUT2D eigenvalue weighted by Crippen LogP contribution is 2.49. The van der Waals surface area contributed by atoms with Gasteiger partial charge in [-0.25, -0.2) is 4.39 Å². The molecule has 0 radical (unpaired) electrons. The summed E-state index contributed by atoms with van der Waals surface area (Å²) in [6, 6.07) is 5.02. The van der Waals surface area contributed by atoms with Crippen molar-refractivity contribution in [1.82, 2.24) is 0 Å². The van der Waals surface area contributed by atoms with E-state index in [0.717, 1.165) is 23.9 Å². The van der Waals surface area contributed by atoms with Gasteiger partial charge < -0.3 is 0 Å². The molecule has 1 aliphatic heterocycles. The van der Waals surface area contributed by atoms with Gasteiger partial charge in [-0.05, 0) is 42.8 Å². The van der Waals surface area contributed by atoms with Crippen LogP contribution in [0, 0.1) is 5.82 Å². The topological polar surface area (TPSA) is 41.8 Å². The molecule has 112 valence electrons. The van der Waals surface area contributed by atoms with E-state index < -0.39 is 33.4 Å². The molecule has 21 heavy (non-hydrogen) atoms. The smallest absolute Gasteiger partial charge is 0.276 e. The summed E-state index contributed by atoms with van der Waals surface area (Å²) in [5.41, 5.74) is -2.13. The highest BCUT2D eigenvalue weighted by molar-refractivity contribution is 8.01. The van der Waals surface area contributed by atoms with Crippen LogP contribution in [-0.2, 0) is 4.79 Å². The van der Waals surface area contributed by atoms with Gasteiger partial charge in [-0.1, -0.05) is 11.8 Å². The van der Waals surface area contributed by atoms with Crippen molar-refractivity contribution in [2.45, 2.75) is 22.9 Å². The van der Waals surface area contributed by atoms with Gasteiger partial charge in [-0.15, -0.1) is 5.11 Å². The van der Waals surface area contributed by atoms with E-state index in [0.29, 0.717) is 4.90 Å². The van der Waals surface area contributed by atoms with Crippen molar-refractivity contribution in [1.29, 1.82) is 0 Å². The second kappa shape index (κ2) is 5.42. The molecule has 2 rings (SSSR count). The Morgan fingerprint density at radius 2 is 1.86 bits per heavy atom. The number of benzene rings is 1. The quantitative estimate of drug-likeness (QED) is 0.593. The molecule has 0 N–H and O–H groups in total. The number of allylic oxidation sites excluding steroid dienone is 1. The lowest BCUT2D eigenvalue weighted by Crippen LogP contribution is -2.24. The fourth-order valence-corrected chi connectivity index (χ4v) is 3.18. The largest absolute Gasteiger partial charge is 0.435 e. The van der Waals surface area contributed by atoms with E-state index in [4.69, 9.17) is 11.6 Å². The van der Waals surface area contributed by atoms with E-state index in [2.05, 4.69) is 10.2 Å². The minimum atomic E-state index is -4.83. The number of halogens is 5. The maximum absolute atomic E-state index is 12.8. The zero-order valence-electron chi connectivity index (χ0n) is 10.4. The van der Waals surface area contributed by atoms with Gasteiger partial charge in [0.25, 0.3) is 5.24 Å². The van der Waals surface area contributed by atoms with Gasteiger partial charge in [-0.3, -0.25) is 4.79 Å². The van der Waals surface area contributed by atoms with Gasteiger partial charge in [0, 0.05) is 4.90 Å². The third-order valence-electron chi connectivity index (χ3n) is 2.64. The molecule has 0 aromatic heterocycles. The fraction of sp³-hybridized carbons (Fsp3) is 0.250. The molecule has 1 atom stereocenters. The van der Waals surface area contributed by atoms with Gasteiger partial charge in [0.05, 0.1) is 5.57 Å². The predicted octanol–water partition coefficient (Wildman–Crippen LogP) is 4.68. The monoisotopic (exact) mass is 338 g/mol. The Hall–Kier alpha value is -1.41. The van der Waals surface area contributed by atoms with E-state index in [1.807, 2.05) is 0 Å². The fourth-order valence-electron chi connectivity index (χ4n) is 1.74. The van der Waals surface area contributed by atoms with Crippen molar-refractivity contribution in [3.05, 3.63) is 41.4 Å². The Bertz CT molecular complexity index is 642. The van der Waals surface area contributed by atoms with Gasteiger partial charge in [-0.2, -0.15) is 18.3 Å². The number of hydrogen-bond donors (Lipinski definition) is 0. The van der Waals surface area contributed by atoms with E-state index >= 15 is 0 Å². The molecule has 3 nitrogen and oxygen atoms in total. The summed E-state index contributed by atoms with van der Waals surface area (Å²) in [6.45, 7) is 1.29. The van der Waals surface area contributed by atoms with Crippen LogP contribution in [0.1, 0.15) is 6.92 Å². The molecular weight excluding hydrogens is 332 g/mol. The molecule has 0 fully saturated rings. The number of carbonyl (C=O) groups excluding carboxylic acids is 1. The average molecular weight is 339 g/mol. The molecule has 1 aromatic carbocycles. The molecule has 0 saturated carbocycles. The third kappa shape index (κ3) is 3.26. The molecule has 0 bridgehead atoms. The third-order valence-corrected chi connectivity index (χ3v) is 4.02. The zero-order chi connectivity index (χ0) is 15.8. The van der Waals surface area contributed by atoms with Crippen LogP contribution in [0.5, 0.6) is 0 Å². The van der Waals surface area contributed by atoms with Crippen LogP contribution < -0.4 is 0 Å². The van der Waals surface area contributed by atoms with Crippen molar-refractivity contribution < 1.29 is 22.4 Å². The Morgan fingerprint density at radius 1 is 1.29 bits per heavy atom. The molecule has 0 spiro atoms. The summed E-state index contributed by atoms with van der Waals surface area (Å²) in [4.78, 5) is 10.2. The average Bonchev–Trinajstić information content (AvgIpc) is 2.70. The first kappa shape index (κ1) is 16.0. The molecule has 1 aromatic rings. The summed E-state index contributed by atoms with van der Waals surface area (Å²) < 4.78 is 51.3. The van der Waals surface area contributed by atoms with Crippen LogP contribution >= 0.6 is 23.4 Å². The standard InChI is InChI=1S/C12H7ClF4N2OS/c1-11(21-7-4-2-6(14)3-5-7)8(10(13)20)9(18-19-11)12(15,16)17/h2-5H,1H3. The number of hydrogen-bond acceptors (Lipinski definition) is 4. The summed E-state index contributed by atoms with van der Waals surface area (Å²) in [5.74, 6) is -0.488. The van der Waals surface area contributed by atoms with Crippen molar-refractivity contribution in [2.24, 2.45) is 10.2 Å². The summed E-state index contributed by atoms with van der Waals surface area (Å²) in [5, 5.41) is 5.31. The molecular formula is C12H7ClF4N2OS. The molecule has 0 aliphatic carbocycles. The van der Waals surface area contributed by atoms with Crippen molar-refractivity contribution in [3.8, 4) is 0 Å².